The van der Waals surface area contributed by atoms with Crippen molar-refractivity contribution in [1.82, 2.24) is 0 Å². The van der Waals surface area contributed by atoms with Crippen LogP contribution >= 0.6 is 0 Å². The molecule has 21 heavy (non-hydrogen) atoms. The molecule has 0 aliphatic carbocycles. The monoisotopic (exact) mass is 283 g/mol. The average molecular weight is 283 g/mol. The maximum absolute atomic E-state index is 13.6. The van der Waals surface area contributed by atoms with Crippen LogP contribution in [0.4, 0.5) is 4.39 Å². The number of nitriles is 1. The number of hydrogen-bond acceptors (Lipinski definition) is 2. The molecule has 0 N–H and O–H groups in total. The number of nitrogens with zero attached hydrogens (tertiary/aromatic N) is 1. The van der Waals surface area contributed by atoms with E-state index in [-0.39, 0.29) is 12.4 Å². The van der Waals surface area contributed by atoms with Gasteiger partial charge in [0.2, 0.25) is 0 Å². The van der Waals surface area contributed by atoms with Gasteiger partial charge >= 0.3 is 0 Å². The molecule has 2 rings (SSSR count). The van der Waals surface area contributed by atoms with Gasteiger partial charge in [0.05, 0.1) is 11.6 Å². The van der Waals surface area contributed by atoms with Crippen LogP contribution in [-0.4, -0.2) is 0 Å². The molecule has 0 unspecified atom stereocenters. The largest absolute Gasteiger partial charge is 0.489 e. The first-order valence-corrected chi connectivity index (χ1v) is 7.13. The van der Waals surface area contributed by atoms with Crippen LogP contribution in [0.3, 0.4) is 0 Å². The highest BCUT2D eigenvalue weighted by atomic mass is 19.1. The van der Waals surface area contributed by atoms with Crippen molar-refractivity contribution < 1.29 is 9.13 Å². The lowest BCUT2D eigenvalue weighted by Gasteiger charge is -2.08. The highest BCUT2D eigenvalue weighted by molar-refractivity contribution is 5.34. The fourth-order valence-corrected chi connectivity index (χ4v) is 2.05. The molecule has 108 valence electrons. The van der Waals surface area contributed by atoms with Crippen LogP contribution in [-0.2, 0) is 13.0 Å². The number of unbranched alkanes of at least 4 members (excludes halogenated alkanes) is 1. The lowest BCUT2D eigenvalue weighted by Crippen LogP contribution is -1.99. The van der Waals surface area contributed by atoms with Gasteiger partial charge in [-0.1, -0.05) is 25.5 Å². The van der Waals surface area contributed by atoms with Crippen LogP contribution < -0.4 is 4.74 Å². The first kappa shape index (κ1) is 15.1. The molecule has 0 atom stereocenters. The quantitative estimate of drug-likeness (QED) is 0.775. The van der Waals surface area contributed by atoms with E-state index in [1.165, 1.54) is 36.6 Å². The zero-order chi connectivity index (χ0) is 15.1. The summed E-state index contributed by atoms with van der Waals surface area (Å²) >= 11 is 0. The van der Waals surface area contributed by atoms with Crippen molar-refractivity contribution in [3.63, 3.8) is 0 Å². The van der Waals surface area contributed by atoms with Crippen molar-refractivity contribution in [1.29, 1.82) is 5.26 Å². The summed E-state index contributed by atoms with van der Waals surface area (Å²) in [6.07, 6.45) is 3.41. The van der Waals surface area contributed by atoms with E-state index < -0.39 is 0 Å². The van der Waals surface area contributed by atoms with E-state index in [4.69, 9.17) is 10.00 Å². The van der Waals surface area contributed by atoms with Gasteiger partial charge in [-0.05, 0) is 48.7 Å². The normalized spacial score (nSPS) is 10.1. The minimum Gasteiger partial charge on any atom is -0.489 e. The molecule has 0 fully saturated rings. The summed E-state index contributed by atoms with van der Waals surface area (Å²) in [5.41, 5.74) is 2.11. The van der Waals surface area contributed by atoms with Gasteiger partial charge in [0.25, 0.3) is 0 Å². The lowest BCUT2D eigenvalue weighted by molar-refractivity contribution is 0.299. The SMILES string of the molecule is CCCCc1ccc(OCc2cc(C#N)ccc2F)cc1. The Balaban J connectivity index is 1.98. The fourth-order valence-electron chi connectivity index (χ4n) is 2.05. The summed E-state index contributed by atoms with van der Waals surface area (Å²) in [6.45, 7) is 2.29. The molecule has 0 bridgehead atoms. The standard InChI is InChI=1S/C18H18FNO/c1-2-3-4-14-5-8-17(9-6-14)21-13-16-11-15(12-20)7-10-18(16)19/h5-11H,2-4,13H2,1H3. The third kappa shape index (κ3) is 4.32. The molecule has 0 aromatic heterocycles. The predicted octanol–water partition coefficient (Wildman–Crippen LogP) is 4.62. The summed E-state index contributed by atoms with van der Waals surface area (Å²) in [7, 11) is 0. The van der Waals surface area contributed by atoms with Gasteiger partial charge in [-0.3, -0.25) is 0 Å². The van der Waals surface area contributed by atoms with Gasteiger partial charge < -0.3 is 4.74 Å². The van der Waals surface area contributed by atoms with E-state index >= 15 is 0 Å². The summed E-state index contributed by atoms with van der Waals surface area (Å²) in [4.78, 5) is 0. The van der Waals surface area contributed by atoms with E-state index in [1.54, 1.807) is 0 Å². The minimum atomic E-state index is -0.353. The molecule has 3 heteroatoms. The van der Waals surface area contributed by atoms with Crippen molar-refractivity contribution in [2.24, 2.45) is 0 Å². The van der Waals surface area contributed by atoms with Crippen LogP contribution in [0.2, 0.25) is 0 Å². The number of ether oxygens (including phenoxy) is 1. The van der Waals surface area contributed by atoms with Crippen molar-refractivity contribution >= 4 is 0 Å². The molecule has 2 aromatic carbocycles. The van der Waals surface area contributed by atoms with Crippen molar-refractivity contribution in [2.45, 2.75) is 32.8 Å². The molecule has 0 saturated heterocycles. The zero-order valence-corrected chi connectivity index (χ0v) is 12.1. The highest BCUT2D eigenvalue weighted by Gasteiger charge is 2.05. The maximum atomic E-state index is 13.6. The first-order valence-electron chi connectivity index (χ1n) is 7.13. The Bertz CT molecular complexity index is 629. The second-order valence-electron chi connectivity index (χ2n) is 4.95. The van der Waals surface area contributed by atoms with Gasteiger partial charge in [-0.25, -0.2) is 4.39 Å². The van der Waals surface area contributed by atoms with Crippen LogP contribution in [0.15, 0.2) is 42.5 Å². The molecule has 0 aliphatic heterocycles. The van der Waals surface area contributed by atoms with Gasteiger partial charge in [-0.2, -0.15) is 5.26 Å². The molecule has 2 aromatic rings. The Labute approximate surface area is 124 Å². The highest BCUT2D eigenvalue weighted by Crippen LogP contribution is 2.17. The van der Waals surface area contributed by atoms with E-state index in [2.05, 4.69) is 6.92 Å². The fraction of sp³-hybridized carbons (Fsp3) is 0.278. The second-order valence-corrected chi connectivity index (χ2v) is 4.95. The number of halogens is 1. The molecule has 2 nitrogen and oxygen atoms in total. The molecule has 0 aliphatic rings. The van der Waals surface area contributed by atoms with E-state index in [0.717, 1.165) is 6.42 Å². The third-order valence-corrected chi connectivity index (χ3v) is 3.31. The maximum Gasteiger partial charge on any atom is 0.129 e. The topological polar surface area (TPSA) is 33.0 Å². The average Bonchev–Trinajstić information content (AvgIpc) is 2.53. The van der Waals surface area contributed by atoms with Crippen LogP contribution in [0.25, 0.3) is 0 Å². The van der Waals surface area contributed by atoms with E-state index in [1.807, 2.05) is 30.3 Å². The van der Waals surface area contributed by atoms with Gasteiger partial charge in [-0.15, -0.1) is 0 Å². The molecule has 0 spiro atoms. The Morgan fingerprint density at radius 3 is 2.57 bits per heavy atom. The Kier molecular flexibility index (Phi) is 5.34. The summed E-state index contributed by atoms with van der Waals surface area (Å²) in [5.74, 6) is 0.352. The summed E-state index contributed by atoms with van der Waals surface area (Å²) in [6, 6.07) is 14.1. The molecule has 0 heterocycles. The number of benzene rings is 2. The summed E-state index contributed by atoms with van der Waals surface area (Å²) < 4.78 is 19.2. The molecular formula is C18H18FNO. The van der Waals surface area contributed by atoms with Crippen molar-refractivity contribution in [2.75, 3.05) is 0 Å². The number of aryl methyl sites for hydroxylation is 1. The Morgan fingerprint density at radius 2 is 1.90 bits per heavy atom. The summed E-state index contributed by atoms with van der Waals surface area (Å²) in [5, 5.41) is 8.83. The minimum absolute atomic E-state index is 0.121. The molecule has 0 saturated carbocycles. The smallest absolute Gasteiger partial charge is 0.129 e. The third-order valence-electron chi connectivity index (χ3n) is 3.31. The van der Waals surface area contributed by atoms with Crippen LogP contribution in [0, 0.1) is 17.1 Å². The Hall–Kier alpha value is -2.34. The lowest BCUT2D eigenvalue weighted by atomic mass is 10.1. The number of rotatable bonds is 6. The number of hydrogen-bond donors (Lipinski definition) is 0. The molecular weight excluding hydrogens is 265 g/mol. The molecule has 0 radical (unpaired) electrons. The Morgan fingerprint density at radius 1 is 1.14 bits per heavy atom. The van der Waals surface area contributed by atoms with Gasteiger partial charge in [0.15, 0.2) is 0 Å². The molecule has 0 amide bonds. The van der Waals surface area contributed by atoms with E-state index in [9.17, 15) is 4.39 Å². The van der Waals surface area contributed by atoms with Crippen molar-refractivity contribution in [3.05, 3.63) is 65.0 Å². The van der Waals surface area contributed by atoms with Gasteiger partial charge in [0, 0.05) is 5.56 Å². The second kappa shape index (κ2) is 7.44. The van der Waals surface area contributed by atoms with Gasteiger partial charge in [0.1, 0.15) is 18.2 Å². The van der Waals surface area contributed by atoms with E-state index in [0.29, 0.717) is 16.9 Å². The van der Waals surface area contributed by atoms with Crippen LogP contribution in [0.1, 0.15) is 36.5 Å². The van der Waals surface area contributed by atoms with Crippen molar-refractivity contribution in [3.8, 4) is 11.8 Å². The first-order chi connectivity index (χ1) is 10.2. The zero-order valence-electron chi connectivity index (χ0n) is 12.1. The predicted molar refractivity (Wildman–Crippen MR) is 80.5 cm³/mol. The van der Waals surface area contributed by atoms with Crippen LogP contribution in [0.5, 0.6) is 5.75 Å².